The van der Waals surface area contributed by atoms with Gasteiger partial charge in [-0.1, -0.05) is 42.0 Å². The van der Waals surface area contributed by atoms with Crippen molar-refractivity contribution in [2.45, 2.75) is 25.3 Å². The molecule has 132 valence electrons. The number of nitro groups is 1. The highest BCUT2D eigenvalue weighted by Gasteiger charge is 2.32. The van der Waals surface area contributed by atoms with Crippen molar-refractivity contribution >= 4 is 17.5 Å². The second-order valence-corrected chi connectivity index (χ2v) is 6.89. The Morgan fingerprint density at radius 1 is 1.15 bits per heavy atom. The minimum absolute atomic E-state index is 0.144. The number of nitro benzene ring substituents is 1. The molecular formula is C21H20N2O3. The van der Waals surface area contributed by atoms with E-state index in [0.717, 1.165) is 25.1 Å². The molecule has 1 atom stereocenters. The van der Waals surface area contributed by atoms with E-state index in [1.807, 2.05) is 6.07 Å². The molecule has 0 radical (unpaired) electrons. The monoisotopic (exact) mass is 348 g/mol. The number of carbonyl (C=O) groups is 1. The van der Waals surface area contributed by atoms with E-state index in [4.69, 9.17) is 0 Å². The van der Waals surface area contributed by atoms with Crippen LogP contribution in [-0.4, -0.2) is 34.7 Å². The first-order chi connectivity index (χ1) is 12.6. The summed E-state index contributed by atoms with van der Waals surface area (Å²) in [7, 11) is 0. The van der Waals surface area contributed by atoms with Gasteiger partial charge in [0.15, 0.2) is 5.78 Å². The molecule has 5 heteroatoms. The third-order valence-electron chi connectivity index (χ3n) is 5.33. The van der Waals surface area contributed by atoms with Crippen LogP contribution >= 0.6 is 0 Å². The van der Waals surface area contributed by atoms with Gasteiger partial charge >= 0.3 is 0 Å². The van der Waals surface area contributed by atoms with Crippen LogP contribution in [-0.2, 0) is 0 Å². The highest BCUT2D eigenvalue weighted by atomic mass is 16.6. The van der Waals surface area contributed by atoms with Gasteiger partial charge in [-0.3, -0.25) is 19.8 Å². The standard InChI is InChI=1S/C21H20N2O3/c24-21(16-5-2-1-3-6-16)18-14-15(8-9-20(18)23(25)26)13-17-10-12-22-11-4-7-19(17)22/h1-3,5-6,8-9,13-14,19H,4,7,10-12H2/b17-13+. The van der Waals surface area contributed by atoms with E-state index in [0.29, 0.717) is 11.6 Å². The smallest absolute Gasteiger partial charge is 0.280 e. The summed E-state index contributed by atoms with van der Waals surface area (Å²) in [5.41, 5.74) is 2.70. The molecule has 0 spiro atoms. The van der Waals surface area contributed by atoms with Crippen LogP contribution in [0.3, 0.4) is 0 Å². The summed E-state index contributed by atoms with van der Waals surface area (Å²) in [5.74, 6) is -0.313. The maximum atomic E-state index is 12.8. The van der Waals surface area contributed by atoms with Crippen molar-refractivity contribution in [2.75, 3.05) is 13.1 Å². The molecule has 2 aliphatic heterocycles. The minimum atomic E-state index is -0.485. The van der Waals surface area contributed by atoms with Crippen molar-refractivity contribution in [1.82, 2.24) is 4.90 Å². The van der Waals surface area contributed by atoms with Crippen LogP contribution in [0.4, 0.5) is 5.69 Å². The summed E-state index contributed by atoms with van der Waals surface area (Å²) in [6.07, 6.45) is 5.54. The number of ketones is 1. The average molecular weight is 348 g/mol. The second-order valence-electron chi connectivity index (χ2n) is 6.89. The lowest BCUT2D eigenvalue weighted by molar-refractivity contribution is -0.385. The highest BCUT2D eigenvalue weighted by molar-refractivity contribution is 6.11. The quantitative estimate of drug-likeness (QED) is 0.474. The molecule has 0 aromatic heterocycles. The summed E-state index contributed by atoms with van der Waals surface area (Å²) in [5, 5.41) is 11.4. The Morgan fingerprint density at radius 3 is 2.73 bits per heavy atom. The van der Waals surface area contributed by atoms with E-state index in [2.05, 4.69) is 11.0 Å². The van der Waals surface area contributed by atoms with Crippen LogP contribution in [0.5, 0.6) is 0 Å². The fraction of sp³-hybridized carbons (Fsp3) is 0.286. The molecule has 2 saturated heterocycles. The Labute approximate surface area is 152 Å². The normalized spacial score (nSPS) is 21.1. The second kappa shape index (κ2) is 6.84. The van der Waals surface area contributed by atoms with Crippen molar-refractivity contribution in [3.05, 3.63) is 80.9 Å². The minimum Gasteiger partial charge on any atom is -0.296 e. The van der Waals surface area contributed by atoms with Gasteiger partial charge in [-0.05, 0) is 43.5 Å². The fourth-order valence-electron chi connectivity index (χ4n) is 4.06. The van der Waals surface area contributed by atoms with Gasteiger partial charge in [-0.2, -0.15) is 0 Å². The maximum Gasteiger partial charge on any atom is 0.280 e. The molecule has 1 unspecified atom stereocenters. The van der Waals surface area contributed by atoms with Gasteiger partial charge in [-0.25, -0.2) is 0 Å². The van der Waals surface area contributed by atoms with Gasteiger partial charge in [0, 0.05) is 24.2 Å². The fourth-order valence-corrected chi connectivity index (χ4v) is 4.06. The van der Waals surface area contributed by atoms with Gasteiger partial charge in [0.25, 0.3) is 5.69 Å². The number of hydrogen-bond acceptors (Lipinski definition) is 4. The molecule has 0 aliphatic carbocycles. The van der Waals surface area contributed by atoms with E-state index in [-0.39, 0.29) is 17.0 Å². The van der Waals surface area contributed by atoms with Crippen LogP contribution in [0.1, 0.15) is 40.7 Å². The van der Waals surface area contributed by atoms with Gasteiger partial charge in [-0.15, -0.1) is 0 Å². The highest BCUT2D eigenvalue weighted by Crippen LogP contribution is 2.34. The Hall–Kier alpha value is -2.79. The molecule has 0 amide bonds. The van der Waals surface area contributed by atoms with E-state index < -0.39 is 4.92 Å². The van der Waals surface area contributed by atoms with Gasteiger partial charge < -0.3 is 0 Å². The molecule has 0 N–H and O–H groups in total. The lowest BCUT2D eigenvalue weighted by atomic mass is 9.97. The van der Waals surface area contributed by atoms with E-state index in [9.17, 15) is 14.9 Å². The third-order valence-corrected chi connectivity index (χ3v) is 5.33. The van der Waals surface area contributed by atoms with Crippen molar-refractivity contribution in [1.29, 1.82) is 0 Å². The predicted molar refractivity (Wildman–Crippen MR) is 100 cm³/mol. The number of carbonyl (C=O) groups excluding carboxylic acids is 1. The van der Waals surface area contributed by atoms with Crippen molar-refractivity contribution < 1.29 is 9.72 Å². The van der Waals surface area contributed by atoms with Crippen LogP contribution in [0, 0.1) is 10.1 Å². The van der Waals surface area contributed by atoms with Crippen molar-refractivity contribution in [3.8, 4) is 0 Å². The van der Waals surface area contributed by atoms with E-state index in [1.54, 1.807) is 36.4 Å². The first-order valence-electron chi connectivity index (χ1n) is 8.96. The molecule has 0 bridgehead atoms. The van der Waals surface area contributed by atoms with Crippen LogP contribution < -0.4 is 0 Å². The topological polar surface area (TPSA) is 63.5 Å². The number of hydrogen-bond donors (Lipinski definition) is 0. The molecule has 0 saturated carbocycles. The van der Waals surface area contributed by atoms with Gasteiger partial charge in [0.1, 0.15) is 5.56 Å². The Bertz CT molecular complexity index is 889. The molecular weight excluding hydrogens is 328 g/mol. The number of rotatable bonds is 4. The number of nitrogens with zero attached hydrogens (tertiary/aromatic N) is 2. The zero-order valence-electron chi connectivity index (χ0n) is 14.4. The molecule has 5 nitrogen and oxygen atoms in total. The molecule has 4 rings (SSSR count). The SMILES string of the molecule is O=C(c1ccccc1)c1cc(/C=C2\CCN3CCCC23)ccc1[N+](=O)[O-]. The van der Waals surface area contributed by atoms with E-state index in [1.165, 1.54) is 24.5 Å². The molecule has 26 heavy (non-hydrogen) atoms. The largest absolute Gasteiger partial charge is 0.296 e. The predicted octanol–water partition coefficient (Wildman–Crippen LogP) is 4.08. The lowest BCUT2D eigenvalue weighted by Gasteiger charge is -2.14. The number of fused-ring (bicyclic) bond motifs is 1. The van der Waals surface area contributed by atoms with Crippen LogP contribution in [0.2, 0.25) is 0 Å². The summed E-state index contributed by atoms with van der Waals surface area (Å²) in [6, 6.07) is 14.1. The average Bonchev–Trinajstić information content (AvgIpc) is 3.27. The Balaban J connectivity index is 1.72. The van der Waals surface area contributed by atoms with Gasteiger partial charge in [0.05, 0.1) is 4.92 Å². The Morgan fingerprint density at radius 2 is 1.96 bits per heavy atom. The first kappa shape index (κ1) is 16.7. The molecule has 2 heterocycles. The summed E-state index contributed by atoms with van der Waals surface area (Å²) < 4.78 is 0. The summed E-state index contributed by atoms with van der Waals surface area (Å²) in [4.78, 5) is 26.2. The van der Waals surface area contributed by atoms with Gasteiger partial charge in [0.2, 0.25) is 0 Å². The number of benzene rings is 2. The zero-order valence-corrected chi connectivity index (χ0v) is 14.4. The first-order valence-corrected chi connectivity index (χ1v) is 8.96. The maximum absolute atomic E-state index is 12.8. The third kappa shape index (κ3) is 3.06. The molecule has 2 aromatic carbocycles. The Kier molecular flexibility index (Phi) is 4.39. The van der Waals surface area contributed by atoms with Crippen LogP contribution in [0.25, 0.3) is 6.08 Å². The summed E-state index contributed by atoms with van der Waals surface area (Å²) in [6.45, 7) is 2.24. The van der Waals surface area contributed by atoms with Crippen molar-refractivity contribution in [3.63, 3.8) is 0 Å². The van der Waals surface area contributed by atoms with Crippen molar-refractivity contribution in [2.24, 2.45) is 0 Å². The lowest BCUT2D eigenvalue weighted by Crippen LogP contribution is -2.22. The zero-order chi connectivity index (χ0) is 18.1. The molecule has 2 fully saturated rings. The molecule has 2 aliphatic rings. The van der Waals surface area contributed by atoms with E-state index >= 15 is 0 Å². The summed E-state index contributed by atoms with van der Waals surface area (Å²) >= 11 is 0. The molecule has 2 aromatic rings. The van der Waals surface area contributed by atoms with Crippen LogP contribution in [0.15, 0.2) is 54.1 Å².